The van der Waals surface area contributed by atoms with Gasteiger partial charge in [0.2, 0.25) is 0 Å². The average molecular weight is 315 g/mol. The number of aromatic amines is 1. The van der Waals surface area contributed by atoms with Crippen molar-refractivity contribution in [1.82, 2.24) is 9.29 Å². The van der Waals surface area contributed by atoms with Gasteiger partial charge in [-0.25, -0.2) is 4.79 Å². The highest BCUT2D eigenvalue weighted by Crippen LogP contribution is 2.26. The van der Waals surface area contributed by atoms with Gasteiger partial charge >= 0.3 is 16.2 Å². The minimum atomic E-state index is -3.74. The molecular weight excluding hydrogens is 294 g/mol. The highest BCUT2D eigenvalue weighted by molar-refractivity contribution is 7.90. The number of anilines is 1. The average Bonchev–Trinajstić information content (AvgIpc) is 2.68. The highest BCUT2D eigenvalue weighted by atomic mass is 32.2. The van der Waals surface area contributed by atoms with E-state index in [1.54, 1.807) is 6.92 Å². The number of hydrogen-bond acceptors (Lipinski definition) is 3. The van der Waals surface area contributed by atoms with Gasteiger partial charge < -0.3 is 10.1 Å². The number of carboxylic acid groups (broad SMARTS) is 1. The largest absolute Gasteiger partial charge is 0.478 e. The molecule has 0 amide bonds. The van der Waals surface area contributed by atoms with Crippen molar-refractivity contribution in [2.45, 2.75) is 27.2 Å². The minimum absolute atomic E-state index is 0.0447. The summed E-state index contributed by atoms with van der Waals surface area (Å²) in [5, 5.41) is 9.16. The standard InChI is InChI=1S/C13H21N3O4S/c1-8-4-9(2)7-16(6-8)21(19,20)15-11-5-14-10(3)12(11)13(17)18/h5,8-9,14-15H,4,6-7H2,1-3H3,(H,17,18). The van der Waals surface area contributed by atoms with Crippen LogP contribution in [0.2, 0.25) is 0 Å². The summed E-state index contributed by atoms with van der Waals surface area (Å²) in [5.41, 5.74) is 0.447. The number of carbonyl (C=O) groups is 1. The van der Waals surface area contributed by atoms with Crippen LogP contribution in [0.25, 0.3) is 0 Å². The van der Waals surface area contributed by atoms with Gasteiger partial charge in [-0.2, -0.15) is 12.7 Å². The summed E-state index contributed by atoms with van der Waals surface area (Å²) < 4.78 is 28.7. The number of hydrogen-bond donors (Lipinski definition) is 3. The summed E-state index contributed by atoms with van der Waals surface area (Å²) in [4.78, 5) is 13.9. The van der Waals surface area contributed by atoms with Crippen molar-refractivity contribution in [2.75, 3.05) is 17.8 Å². The number of carboxylic acids is 1. The van der Waals surface area contributed by atoms with E-state index in [9.17, 15) is 13.2 Å². The first-order valence-corrected chi connectivity index (χ1v) is 8.34. The summed E-state index contributed by atoms with van der Waals surface area (Å²) in [6.45, 7) is 6.52. The van der Waals surface area contributed by atoms with E-state index >= 15 is 0 Å². The van der Waals surface area contributed by atoms with Gasteiger partial charge in [-0.15, -0.1) is 0 Å². The zero-order chi connectivity index (χ0) is 15.8. The van der Waals surface area contributed by atoms with Crippen LogP contribution in [0.4, 0.5) is 5.69 Å². The van der Waals surface area contributed by atoms with Crippen LogP contribution in [-0.2, 0) is 10.2 Å². The SMILES string of the molecule is Cc1[nH]cc(NS(=O)(=O)N2CC(C)CC(C)C2)c1C(=O)O. The molecule has 1 aliphatic rings. The Morgan fingerprint density at radius 2 is 1.95 bits per heavy atom. The van der Waals surface area contributed by atoms with Gasteiger partial charge in [-0.05, 0) is 25.2 Å². The van der Waals surface area contributed by atoms with Crippen LogP contribution in [0, 0.1) is 18.8 Å². The predicted octanol–water partition coefficient (Wildman–Crippen LogP) is 1.66. The molecule has 2 rings (SSSR count). The summed E-state index contributed by atoms with van der Waals surface area (Å²) in [7, 11) is -3.74. The lowest BCUT2D eigenvalue weighted by Gasteiger charge is -2.33. The van der Waals surface area contributed by atoms with Crippen LogP contribution in [0.15, 0.2) is 6.20 Å². The third-order valence-corrected chi connectivity index (χ3v) is 5.16. The smallest absolute Gasteiger partial charge is 0.339 e. The lowest BCUT2D eigenvalue weighted by atomic mass is 9.94. The topological polar surface area (TPSA) is 103 Å². The number of H-pyrrole nitrogens is 1. The van der Waals surface area contributed by atoms with Crippen molar-refractivity contribution >= 4 is 21.9 Å². The fourth-order valence-electron chi connectivity index (χ4n) is 2.89. The number of aryl methyl sites for hydroxylation is 1. The Labute approximate surface area is 124 Å². The van der Waals surface area contributed by atoms with Crippen molar-refractivity contribution in [1.29, 1.82) is 0 Å². The molecule has 0 saturated carbocycles. The molecule has 1 fully saturated rings. The maximum absolute atomic E-state index is 12.4. The summed E-state index contributed by atoms with van der Waals surface area (Å²) in [6, 6.07) is 0. The van der Waals surface area contributed by atoms with E-state index in [4.69, 9.17) is 5.11 Å². The molecule has 1 aromatic heterocycles. The number of nitrogens with zero attached hydrogens (tertiary/aromatic N) is 1. The van der Waals surface area contributed by atoms with Crippen LogP contribution < -0.4 is 4.72 Å². The quantitative estimate of drug-likeness (QED) is 0.786. The fourth-order valence-corrected chi connectivity index (χ4v) is 4.36. The minimum Gasteiger partial charge on any atom is -0.478 e. The van der Waals surface area contributed by atoms with Crippen molar-refractivity contribution in [3.8, 4) is 0 Å². The fraction of sp³-hybridized carbons (Fsp3) is 0.615. The summed E-state index contributed by atoms with van der Waals surface area (Å²) in [6.07, 6.45) is 2.36. The molecule has 1 aliphatic heterocycles. The van der Waals surface area contributed by atoms with E-state index < -0.39 is 16.2 Å². The monoisotopic (exact) mass is 315 g/mol. The van der Waals surface area contributed by atoms with Crippen molar-refractivity contribution in [3.63, 3.8) is 0 Å². The molecule has 0 spiro atoms. The zero-order valence-electron chi connectivity index (χ0n) is 12.4. The zero-order valence-corrected chi connectivity index (χ0v) is 13.2. The lowest BCUT2D eigenvalue weighted by Crippen LogP contribution is -2.45. The molecule has 1 saturated heterocycles. The molecule has 0 aliphatic carbocycles. The van der Waals surface area contributed by atoms with E-state index in [1.807, 2.05) is 13.8 Å². The molecule has 2 heterocycles. The highest BCUT2D eigenvalue weighted by Gasteiger charge is 2.31. The molecular formula is C13H21N3O4S. The maximum atomic E-state index is 12.4. The molecule has 118 valence electrons. The molecule has 1 aromatic rings. The molecule has 0 radical (unpaired) electrons. The van der Waals surface area contributed by atoms with E-state index in [0.29, 0.717) is 18.8 Å². The van der Waals surface area contributed by atoms with Crippen LogP contribution >= 0.6 is 0 Å². The Bertz CT molecular complexity index is 628. The van der Waals surface area contributed by atoms with E-state index in [0.717, 1.165) is 6.42 Å². The second-order valence-corrected chi connectivity index (χ2v) is 7.55. The van der Waals surface area contributed by atoms with E-state index in [2.05, 4.69) is 9.71 Å². The molecule has 3 N–H and O–H groups in total. The van der Waals surface area contributed by atoms with Gasteiger partial charge in [0.1, 0.15) is 5.56 Å². The molecule has 21 heavy (non-hydrogen) atoms. The number of piperidine rings is 1. The van der Waals surface area contributed by atoms with Crippen molar-refractivity contribution < 1.29 is 18.3 Å². The second kappa shape index (κ2) is 5.69. The van der Waals surface area contributed by atoms with Crippen LogP contribution in [-0.4, -0.2) is 41.9 Å². The Hall–Kier alpha value is -1.54. The Balaban J connectivity index is 2.24. The Kier molecular flexibility index (Phi) is 4.29. The molecule has 0 bridgehead atoms. The van der Waals surface area contributed by atoms with Gasteiger partial charge in [0.15, 0.2) is 0 Å². The van der Waals surface area contributed by atoms with E-state index in [1.165, 1.54) is 10.5 Å². The van der Waals surface area contributed by atoms with Crippen molar-refractivity contribution in [3.05, 3.63) is 17.5 Å². The summed E-state index contributed by atoms with van der Waals surface area (Å²) >= 11 is 0. The third-order valence-electron chi connectivity index (χ3n) is 3.71. The van der Waals surface area contributed by atoms with E-state index in [-0.39, 0.29) is 23.1 Å². The molecule has 0 aromatic carbocycles. The van der Waals surface area contributed by atoms with Crippen LogP contribution in [0.3, 0.4) is 0 Å². The summed E-state index contributed by atoms with van der Waals surface area (Å²) in [5.74, 6) is -0.582. The van der Waals surface area contributed by atoms with Gasteiger partial charge in [0, 0.05) is 25.0 Å². The first-order valence-electron chi connectivity index (χ1n) is 6.90. The Morgan fingerprint density at radius 3 is 2.48 bits per heavy atom. The maximum Gasteiger partial charge on any atom is 0.339 e. The normalized spacial score (nSPS) is 24.0. The van der Waals surface area contributed by atoms with Crippen molar-refractivity contribution in [2.24, 2.45) is 11.8 Å². The first-order chi connectivity index (χ1) is 9.70. The van der Waals surface area contributed by atoms with Gasteiger partial charge in [-0.3, -0.25) is 4.72 Å². The molecule has 8 heteroatoms. The van der Waals surface area contributed by atoms with Gasteiger partial charge in [-0.1, -0.05) is 13.8 Å². The Morgan fingerprint density at radius 1 is 1.38 bits per heavy atom. The van der Waals surface area contributed by atoms with Gasteiger partial charge in [0.25, 0.3) is 0 Å². The third kappa shape index (κ3) is 3.38. The number of rotatable bonds is 4. The molecule has 2 unspecified atom stereocenters. The molecule has 7 nitrogen and oxygen atoms in total. The van der Waals surface area contributed by atoms with Gasteiger partial charge in [0.05, 0.1) is 5.69 Å². The number of aromatic nitrogens is 1. The first kappa shape index (κ1) is 15.8. The van der Waals surface area contributed by atoms with Crippen LogP contribution in [0.1, 0.15) is 36.3 Å². The molecule has 2 atom stereocenters. The number of nitrogens with one attached hydrogen (secondary N) is 2. The second-order valence-electron chi connectivity index (χ2n) is 5.88. The lowest BCUT2D eigenvalue weighted by molar-refractivity contribution is 0.0697. The number of aromatic carboxylic acids is 1. The van der Waals surface area contributed by atoms with Crippen LogP contribution in [0.5, 0.6) is 0 Å². The predicted molar refractivity (Wildman–Crippen MR) is 79.5 cm³/mol.